The number of aryl methyl sites for hydroxylation is 1. The molecule has 5 nitrogen and oxygen atoms in total. The monoisotopic (exact) mass is 347 g/mol. The lowest BCUT2D eigenvalue weighted by atomic mass is 10.2. The van der Waals surface area contributed by atoms with Gasteiger partial charge in [-0.2, -0.15) is 5.10 Å². The minimum atomic E-state index is -0.189. The van der Waals surface area contributed by atoms with E-state index in [4.69, 9.17) is 4.74 Å². The molecule has 0 aliphatic heterocycles. The molecule has 0 radical (unpaired) electrons. The van der Waals surface area contributed by atoms with E-state index in [-0.39, 0.29) is 5.91 Å². The van der Waals surface area contributed by atoms with Crippen LogP contribution in [-0.2, 0) is 11.3 Å². The zero-order valence-corrected chi connectivity index (χ0v) is 14.8. The van der Waals surface area contributed by atoms with Crippen molar-refractivity contribution >= 4 is 17.7 Å². The average molecular weight is 347 g/mol. The van der Waals surface area contributed by atoms with Crippen LogP contribution in [-0.4, -0.2) is 15.7 Å². The number of nitrogens with zero attached hydrogens (tertiary/aromatic N) is 2. The molecule has 5 heteroatoms. The van der Waals surface area contributed by atoms with Crippen molar-refractivity contribution < 1.29 is 9.53 Å². The van der Waals surface area contributed by atoms with Crippen LogP contribution in [0.2, 0.25) is 0 Å². The van der Waals surface area contributed by atoms with Crippen LogP contribution in [0.15, 0.2) is 66.9 Å². The molecule has 0 fully saturated rings. The first-order valence-corrected chi connectivity index (χ1v) is 8.50. The highest BCUT2D eigenvalue weighted by Gasteiger charge is 2.03. The summed E-state index contributed by atoms with van der Waals surface area (Å²) in [5, 5.41) is 7.10. The number of carbonyl (C=O) groups excluding carboxylic acids is 1. The Balaban J connectivity index is 1.59. The number of benzene rings is 2. The molecule has 0 unspecified atom stereocenters. The van der Waals surface area contributed by atoms with Gasteiger partial charge in [-0.3, -0.25) is 9.48 Å². The Morgan fingerprint density at radius 3 is 2.46 bits per heavy atom. The number of nitrogens with one attached hydrogen (secondary N) is 1. The van der Waals surface area contributed by atoms with Gasteiger partial charge in [0.25, 0.3) is 0 Å². The van der Waals surface area contributed by atoms with E-state index < -0.39 is 0 Å². The Kier molecular flexibility index (Phi) is 5.49. The van der Waals surface area contributed by atoms with E-state index in [1.165, 1.54) is 6.08 Å². The molecule has 0 aliphatic rings. The summed E-state index contributed by atoms with van der Waals surface area (Å²) in [4.78, 5) is 12.1. The third-order valence-corrected chi connectivity index (χ3v) is 3.96. The third kappa shape index (κ3) is 4.39. The molecule has 26 heavy (non-hydrogen) atoms. The normalized spacial score (nSPS) is 10.8. The van der Waals surface area contributed by atoms with Crippen molar-refractivity contribution in [2.45, 2.75) is 20.4 Å². The van der Waals surface area contributed by atoms with E-state index in [0.717, 1.165) is 23.6 Å². The highest BCUT2D eigenvalue weighted by atomic mass is 16.5. The van der Waals surface area contributed by atoms with Crippen LogP contribution in [0.5, 0.6) is 11.5 Å². The number of hydrogen-bond donors (Lipinski definition) is 1. The SMILES string of the molecule is CCn1ncc(/C=C\C(=O)Nc2ccc(Oc3ccccc3)cc2)c1C. The van der Waals surface area contributed by atoms with Crippen molar-refractivity contribution in [2.24, 2.45) is 0 Å². The van der Waals surface area contributed by atoms with Gasteiger partial charge in [0.15, 0.2) is 0 Å². The van der Waals surface area contributed by atoms with Gasteiger partial charge in [0, 0.05) is 29.6 Å². The predicted molar refractivity (Wildman–Crippen MR) is 103 cm³/mol. The van der Waals surface area contributed by atoms with Crippen LogP contribution in [0.3, 0.4) is 0 Å². The molecule has 1 heterocycles. The van der Waals surface area contributed by atoms with Crippen LogP contribution < -0.4 is 10.1 Å². The molecule has 3 rings (SSSR count). The summed E-state index contributed by atoms with van der Waals surface area (Å²) in [5.74, 6) is 1.30. The van der Waals surface area contributed by atoms with Crippen molar-refractivity contribution in [2.75, 3.05) is 5.32 Å². The average Bonchev–Trinajstić information content (AvgIpc) is 3.02. The molecular weight excluding hydrogens is 326 g/mol. The molecule has 1 amide bonds. The molecule has 0 atom stereocenters. The molecule has 1 N–H and O–H groups in total. The Morgan fingerprint density at radius 2 is 1.81 bits per heavy atom. The molecule has 0 bridgehead atoms. The Labute approximate surface area is 152 Å². The molecule has 1 aromatic heterocycles. The van der Waals surface area contributed by atoms with Gasteiger partial charge >= 0.3 is 0 Å². The topological polar surface area (TPSA) is 56.2 Å². The molecule has 0 aliphatic carbocycles. The summed E-state index contributed by atoms with van der Waals surface area (Å²) in [6.07, 6.45) is 5.05. The Bertz CT molecular complexity index is 897. The second-order valence-corrected chi connectivity index (χ2v) is 5.76. The summed E-state index contributed by atoms with van der Waals surface area (Å²) in [7, 11) is 0. The fourth-order valence-electron chi connectivity index (χ4n) is 2.52. The number of aromatic nitrogens is 2. The van der Waals surface area contributed by atoms with Gasteiger partial charge in [-0.1, -0.05) is 18.2 Å². The maximum absolute atomic E-state index is 12.1. The molecule has 0 saturated carbocycles. The van der Waals surface area contributed by atoms with Crippen LogP contribution in [0.4, 0.5) is 5.69 Å². The summed E-state index contributed by atoms with van der Waals surface area (Å²) >= 11 is 0. The van der Waals surface area contributed by atoms with Crippen LogP contribution in [0, 0.1) is 6.92 Å². The summed E-state index contributed by atoms with van der Waals surface area (Å²) in [6, 6.07) is 16.8. The third-order valence-electron chi connectivity index (χ3n) is 3.96. The number of rotatable bonds is 6. The van der Waals surface area contributed by atoms with Gasteiger partial charge in [0.1, 0.15) is 11.5 Å². The molecule has 0 spiro atoms. The maximum atomic E-state index is 12.1. The number of para-hydroxylation sites is 1. The van der Waals surface area contributed by atoms with Crippen LogP contribution in [0.1, 0.15) is 18.2 Å². The van der Waals surface area contributed by atoms with E-state index in [1.54, 1.807) is 12.3 Å². The Hall–Kier alpha value is -3.34. The largest absolute Gasteiger partial charge is 0.457 e. The van der Waals surface area contributed by atoms with Crippen LogP contribution >= 0.6 is 0 Å². The number of carbonyl (C=O) groups is 1. The second kappa shape index (κ2) is 8.16. The van der Waals surface area contributed by atoms with E-state index in [0.29, 0.717) is 11.4 Å². The first-order valence-electron chi connectivity index (χ1n) is 8.50. The predicted octanol–water partition coefficient (Wildman–Crippen LogP) is 4.66. The van der Waals surface area contributed by atoms with Crippen molar-refractivity contribution in [1.82, 2.24) is 9.78 Å². The molecular formula is C21H21N3O2. The molecule has 2 aromatic carbocycles. The second-order valence-electron chi connectivity index (χ2n) is 5.76. The number of anilines is 1. The zero-order valence-electron chi connectivity index (χ0n) is 14.8. The standard InChI is InChI=1S/C21H21N3O2/c1-3-24-16(2)17(15-22-24)9-14-21(25)23-18-10-12-20(13-11-18)26-19-7-5-4-6-8-19/h4-15H,3H2,1-2H3,(H,23,25)/b14-9-. The summed E-state index contributed by atoms with van der Waals surface area (Å²) < 4.78 is 7.63. The van der Waals surface area contributed by atoms with E-state index in [2.05, 4.69) is 10.4 Å². The van der Waals surface area contributed by atoms with Crippen molar-refractivity contribution in [3.8, 4) is 11.5 Å². The lowest BCUT2D eigenvalue weighted by molar-refractivity contribution is -0.111. The van der Waals surface area contributed by atoms with Crippen molar-refractivity contribution in [3.05, 3.63) is 78.1 Å². The highest BCUT2D eigenvalue weighted by Crippen LogP contribution is 2.22. The van der Waals surface area contributed by atoms with Gasteiger partial charge in [-0.15, -0.1) is 0 Å². The van der Waals surface area contributed by atoms with Gasteiger partial charge < -0.3 is 10.1 Å². The number of hydrogen-bond acceptors (Lipinski definition) is 3. The number of ether oxygens (including phenoxy) is 1. The van der Waals surface area contributed by atoms with Gasteiger partial charge in [-0.25, -0.2) is 0 Å². The van der Waals surface area contributed by atoms with Gasteiger partial charge in [0.2, 0.25) is 5.91 Å². The van der Waals surface area contributed by atoms with E-state index >= 15 is 0 Å². The number of amides is 1. The maximum Gasteiger partial charge on any atom is 0.248 e. The first-order chi connectivity index (χ1) is 12.7. The minimum Gasteiger partial charge on any atom is -0.457 e. The lowest BCUT2D eigenvalue weighted by Crippen LogP contribution is -2.07. The van der Waals surface area contributed by atoms with Gasteiger partial charge in [-0.05, 0) is 56.3 Å². The minimum absolute atomic E-state index is 0.189. The van der Waals surface area contributed by atoms with Crippen molar-refractivity contribution in [3.63, 3.8) is 0 Å². The molecule has 0 saturated heterocycles. The summed E-state index contributed by atoms with van der Waals surface area (Å²) in [6.45, 7) is 4.83. The van der Waals surface area contributed by atoms with Gasteiger partial charge in [0.05, 0.1) is 6.20 Å². The Morgan fingerprint density at radius 1 is 1.12 bits per heavy atom. The fraction of sp³-hybridized carbons (Fsp3) is 0.143. The van der Waals surface area contributed by atoms with E-state index in [9.17, 15) is 4.79 Å². The highest BCUT2D eigenvalue weighted by molar-refractivity contribution is 6.02. The van der Waals surface area contributed by atoms with Crippen molar-refractivity contribution in [1.29, 1.82) is 0 Å². The smallest absolute Gasteiger partial charge is 0.248 e. The molecule has 132 valence electrons. The lowest BCUT2D eigenvalue weighted by Gasteiger charge is -2.07. The first kappa shape index (κ1) is 17.5. The molecule has 3 aromatic rings. The zero-order chi connectivity index (χ0) is 18.4. The fourth-order valence-corrected chi connectivity index (χ4v) is 2.52. The summed E-state index contributed by atoms with van der Waals surface area (Å²) in [5.41, 5.74) is 2.69. The van der Waals surface area contributed by atoms with Crippen LogP contribution in [0.25, 0.3) is 6.08 Å². The van der Waals surface area contributed by atoms with E-state index in [1.807, 2.05) is 73.1 Å². The quantitative estimate of drug-likeness (QED) is 0.660.